The highest BCUT2D eigenvalue weighted by molar-refractivity contribution is 5.79. The Bertz CT molecular complexity index is 867. The van der Waals surface area contributed by atoms with E-state index in [4.69, 9.17) is 4.42 Å². The number of nitrogens with one attached hydrogen (secondary N) is 1. The van der Waals surface area contributed by atoms with Gasteiger partial charge in [-0.05, 0) is 24.6 Å². The fourth-order valence-electron chi connectivity index (χ4n) is 2.66. The third kappa shape index (κ3) is 5.45. The van der Waals surface area contributed by atoms with E-state index in [2.05, 4.69) is 46.5 Å². The van der Waals surface area contributed by atoms with Crippen LogP contribution >= 0.6 is 0 Å². The Labute approximate surface area is 160 Å². The fourth-order valence-corrected chi connectivity index (χ4v) is 2.66. The first kappa shape index (κ1) is 18.7. The van der Waals surface area contributed by atoms with Gasteiger partial charge in [0.05, 0.1) is 12.2 Å². The summed E-state index contributed by atoms with van der Waals surface area (Å²) in [5, 5.41) is 3.39. The van der Waals surface area contributed by atoms with Crippen LogP contribution in [-0.2, 0) is 13.0 Å². The van der Waals surface area contributed by atoms with Crippen molar-refractivity contribution in [1.82, 2.24) is 15.2 Å². The Morgan fingerprint density at radius 2 is 1.81 bits per heavy atom. The second-order valence-electron chi connectivity index (χ2n) is 6.71. The Morgan fingerprint density at radius 1 is 1.07 bits per heavy atom. The zero-order chi connectivity index (χ0) is 19.1. The third-order valence-corrected chi connectivity index (χ3v) is 4.19. The highest BCUT2D eigenvalue weighted by atomic mass is 16.3. The average Bonchev–Trinajstić information content (AvgIpc) is 3.14. The van der Waals surface area contributed by atoms with Gasteiger partial charge in [0.15, 0.2) is 5.96 Å². The first-order valence-electron chi connectivity index (χ1n) is 9.13. The van der Waals surface area contributed by atoms with Crippen LogP contribution in [0.1, 0.15) is 16.8 Å². The van der Waals surface area contributed by atoms with Crippen molar-refractivity contribution >= 4 is 5.96 Å². The number of rotatable bonds is 6. The number of nitrogens with zero attached hydrogens (tertiary/aromatic N) is 3. The van der Waals surface area contributed by atoms with Crippen LogP contribution in [0.25, 0.3) is 11.5 Å². The summed E-state index contributed by atoms with van der Waals surface area (Å²) in [7, 11) is 3.98. The molecular formula is C22H26N4O. The maximum absolute atomic E-state index is 5.62. The average molecular weight is 362 g/mol. The van der Waals surface area contributed by atoms with Crippen molar-refractivity contribution in [1.29, 1.82) is 0 Å². The molecule has 0 bridgehead atoms. The second kappa shape index (κ2) is 9.03. The normalized spacial score (nSPS) is 11.4. The van der Waals surface area contributed by atoms with Crippen LogP contribution in [0.4, 0.5) is 0 Å². The van der Waals surface area contributed by atoms with Gasteiger partial charge < -0.3 is 14.6 Å². The lowest BCUT2D eigenvalue weighted by molar-refractivity contribution is 0.569. The molecule has 0 fully saturated rings. The summed E-state index contributed by atoms with van der Waals surface area (Å²) in [6, 6.07) is 18.4. The minimum atomic E-state index is 0.656. The molecule has 5 heteroatoms. The Kier molecular flexibility index (Phi) is 6.26. The van der Waals surface area contributed by atoms with E-state index in [1.807, 2.05) is 49.3 Å². The largest absolute Gasteiger partial charge is 0.444 e. The Morgan fingerprint density at radius 3 is 2.52 bits per heavy atom. The molecule has 0 aliphatic heterocycles. The molecule has 1 heterocycles. The maximum atomic E-state index is 5.62. The molecular weight excluding hydrogens is 336 g/mol. The Balaban J connectivity index is 1.55. The van der Waals surface area contributed by atoms with Gasteiger partial charge >= 0.3 is 0 Å². The fraction of sp³-hybridized carbons (Fsp3) is 0.273. The summed E-state index contributed by atoms with van der Waals surface area (Å²) in [5.41, 5.74) is 4.34. The van der Waals surface area contributed by atoms with Crippen LogP contribution in [0.15, 0.2) is 70.3 Å². The summed E-state index contributed by atoms with van der Waals surface area (Å²) in [5.74, 6) is 1.52. The van der Waals surface area contributed by atoms with Gasteiger partial charge in [-0.15, -0.1) is 0 Å². The van der Waals surface area contributed by atoms with Crippen LogP contribution in [0.2, 0.25) is 0 Å². The number of benzene rings is 2. The lowest BCUT2D eigenvalue weighted by Gasteiger charge is -2.17. The molecule has 5 nitrogen and oxygen atoms in total. The number of aliphatic imine (C=N–C) groups is 1. The number of hydrogen-bond acceptors (Lipinski definition) is 3. The summed E-state index contributed by atoms with van der Waals surface area (Å²) < 4.78 is 5.62. The van der Waals surface area contributed by atoms with Crippen molar-refractivity contribution in [3.63, 3.8) is 0 Å². The van der Waals surface area contributed by atoms with Crippen molar-refractivity contribution in [2.75, 3.05) is 20.6 Å². The van der Waals surface area contributed by atoms with Gasteiger partial charge in [-0.2, -0.15) is 0 Å². The van der Waals surface area contributed by atoms with Gasteiger partial charge in [0.2, 0.25) is 5.89 Å². The molecule has 3 aromatic rings. The molecule has 140 valence electrons. The van der Waals surface area contributed by atoms with E-state index in [0.717, 1.165) is 30.2 Å². The maximum Gasteiger partial charge on any atom is 0.226 e. The summed E-state index contributed by atoms with van der Waals surface area (Å²) in [4.78, 5) is 11.2. The molecule has 0 atom stereocenters. The van der Waals surface area contributed by atoms with Crippen LogP contribution in [-0.4, -0.2) is 36.5 Å². The number of aryl methyl sites for hydroxylation is 1. The minimum Gasteiger partial charge on any atom is -0.444 e. The van der Waals surface area contributed by atoms with Gasteiger partial charge in [0.25, 0.3) is 0 Å². The van der Waals surface area contributed by atoms with Crippen LogP contribution in [0, 0.1) is 6.92 Å². The van der Waals surface area contributed by atoms with Crippen molar-refractivity contribution < 1.29 is 4.42 Å². The lowest BCUT2D eigenvalue weighted by atomic mass is 10.1. The molecule has 0 saturated heterocycles. The van der Waals surface area contributed by atoms with Crippen LogP contribution in [0.3, 0.4) is 0 Å². The van der Waals surface area contributed by atoms with Crippen molar-refractivity contribution in [2.24, 2.45) is 4.99 Å². The molecule has 3 rings (SSSR count). The number of aromatic nitrogens is 1. The number of guanidine groups is 1. The first-order chi connectivity index (χ1) is 13.1. The molecule has 1 N–H and O–H groups in total. The van der Waals surface area contributed by atoms with E-state index in [1.165, 1.54) is 11.1 Å². The van der Waals surface area contributed by atoms with Gasteiger partial charge in [0, 0.05) is 32.6 Å². The molecule has 27 heavy (non-hydrogen) atoms. The summed E-state index contributed by atoms with van der Waals surface area (Å²) in [6.07, 6.45) is 2.50. The smallest absolute Gasteiger partial charge is 0.226 e. The SMILES string of the molecule is Cc1ccc(-c2nc(CCNC(=NCc3ccccc3)N(C)C)co2)cc1. The second-order valence-corrected chi connectivity index (χ2v) is 6.71. The third-order valence-electron chi connectivity index (χ3n) is 4.19. The topological polar surface area (TPSA) is 53.7 Å². The zero-order valence-electron chi connectivity index (χ0n) is 16.1. The minimum absolute atomic E-state index is 0.656. The lowest BCUT2D eigenvalue weighted by Crippen LogP contribution is -2.37. The van der Waals surface area contributed by atoms with Gasteiger partial charge in [-0.25, -0.2) is 9.98 Å². The summed E-state index contributed by atoms with van der Waals surface area (Å²) >= 11 is 0. The molecule has 0 unspecified atom stereocenters. The van der Waals surface area contributed by atoms with E-state index in [9.17, 15) is 0 Å². The molecule has 2 aromatic carbocycles. The molecule has 1 aromatic heterocycles. The van der Waals surface area contributed by atoms with E-state index in [0.29, 0.717) is 12.4 Å². The highest BCUT2D eigenvalue weighted by Crippen LogP contribution is 2.19. The molecule has 0 amide bonds. The molecule has 0 radical (unpaired) electrons. The standard InChI is InChI=1S/C22H26N4O/c1-17-9-11-19(12-10-17)21-25-20(16-27-21)13-14-23-22(26(2)3)24-15-18-7-5-4-6-8-18/h4-12,16H,13-15H2,1-3H3,(H,23,24). The predicted octanol–water partition coefficient (Wildman–Crippen LogP) is 3.90. The van der Waals surface area contributed by atoms with Gasteiger partial charge in [0.1, 0.15) is 6.26 Å². The molecule has 0 saturated carbocycles. The molecule has 0 aliphatic rings. The van der Waals surface area contributed by atoms with Gasteiger partial charge in [-0.3, -0.25) is 0 Å². The predicted molar refractivity (Wildman–Crippen MR) is 110 cm³/mol. The van der Waals surface area contributed by atoms with E-state index in [-0.39, 0.29) is 0 Å². The quantitative estimate of drug-likeness (QED) is 0.534. The molecule has 0 aliphatic carbocycles. The number of hydrogen-bond donors (Lipinski definition) is 1. The van der Waals surface area contributed by atoms with Crippen molar-refractivity contribution in [3.05, 3.63) is 77.7 Å². The Hall–Kier alpha value is -3.08. The summed E-state index contributed by atoms with van der Waals surface area (Å²) in [6.45, 7) is 3.46. The first-order valence-corrected chi connectivity index (χ1v) is 9.13. The highest BCUT2D eigenvalue weighted by Gasteiger charge is 2.07. The van der Waals surface area contributed by atoms with Crippen molar-refractivity contribution in [2.45, 2.75) is 19.9 Å². The van der Waals surface area contributed by atoms with Crippen molar-refractivity contribution in [3.8, 4) is 11.5 Å². The molecule has 0 spiro atoms. The number of oxazole rings is 1. The van der Waals surface area contributed by atoms with E-state index in [1.54, 1.807) is 6.26 Å². The van der Waals surface area contributed by atoms with Gasteiger partial charge in [-0.1, -0.05) is 48.0 Å². The van der Waals surface area contributed by atoms with Crippen LogP contribution in [0.5, 0.6) is 0 Å². The van der Waals surface area contributed by atoms with E-state index < -0.39 is 0 Å². The van der Waals surface area contributed by atoms with E-state index >= 15 is 0 Å². The monoisotopic (exact) mass is 362 g/mol. The van der Waals surface area contributed by atoms with Crippen LogP contribution < -0.4 is 5.32 Å². The zero-order valence-corrected chi connectivity index (χ0v) is 16.1.